The molecule has 156 valence electrons. The lowest BCUT2D eigenvalue weighted by Gasteiger charge is -2.17. The third-order valence-electron chi connectivity index (χ3n) is 4.72. The first-order valence-corrected chi connectivity index (χ1v) is 11.1. The average Bonchev–Trinajstić information content (AvgIpc) is 2.79. The minimum Gasteiger partial charge on any atom is -0.467 e. The summed E-state index contributed by atoms with van der Waals surface area (Å²) in [6.07, 6.45) is 0.319. The van der Waals surface area contributed by atoms with Crippen LogP contribution in [0, 0.1) is 0 Å². The number of hydrogen-bond acceptors (Lipinski definition) is 5. The van der Waals surface area contributed by atoms with Crippen molar-refractivity contribution in [3.8, 4) is 11.1 Å². The summed E-state index contributed by atoms with van der Waals surface area (Å²) in [5.41, 5.74) is 2.38. The lowest BCUT2D eigenvalue weighted by molar-refractivity contribution is -0.149. The van der Waals surface area contributed by atoms with Gasteiger partial charge in [-0.05, 0) is 36.5 Å². The van der Waals surface area contributed by atoms with Gasteiger partial charge in [-0.3, -0.25) is 4.18 Å². The van der Waals surface area contributed by atoms with Gasteiger partial charge >= 0.3 is 5.97 Å². The van der Waals surface area contributed by atoms with Gasteiger partial charge in [0.05, 0.1) is 7.11 Å². The van der Waals surface area contributed by atoms with Gasteiger partial charge in [0.25, 0.3) is 10.1 Å². The Morgan fingerprint density at radius 1 is 0.867 bits per heavy atom. The highest BCUT2D eigenvalue weighted by Gasteiger charge is 2.29. The summed E-state index contributed by atoms with van der Waals surface area (Å²) in [5, 5.41) is 0. The fourth-order valence-corrected chi connectivity index (χ4v) is 4.50. The van der Waals surface area contributed by atoms with Crippen LogP contribution in [0.15, 0.2) is 89.8 Å². The van der Waals surface area contributed by atoms with E-state index in [0.717, 1.165) is 11.1 Å². The van der Waals surface area contributed by atoms with Crippen molar-refractivity contribution in [3.05, 3.63) is 90.5 Å². The molecule has 1 atom stereocenters. The fraction of sp³-hybridized carbons (Fsp3) is 0.208. The van der Waals surface area contributed by atoms with Crippen molar-refractivity contribution in [2.45, 2.75) is 30.3 Å². The van der Waals surface area contributed by atoms with Crippen molar-refractivity contribution in [1.82, 2.24) is 0 Å². The number of ether oxygens (including phenoxy) is 1. The molecule has 0 N–H and O–H groups in total. The Hall–Kier alpha value is -2.96. The van der Waals surface area contributed by atoms with Crippen molar-refractivity contribution in [3.63, 3.8) is 0 Å². The van der Waals surface area contributed by atoms with Crippen molar-refractivity contribution in [2.24, 2.45) is 0 Å². The summed E-state index contributed by atoms with van der Waals surface area (Å²) in [4.78, 5) is 12.2. The second kappa shape index (κ2) is 10.2. The fourth-order valence-electron chi connectivity index (χ4n) is 3.22. The van der Waals surface area contributed by atoms with E-state index in [-0.39, 0.29) is 11.3 Å². The highest BCUT2D eigenvalue weighted by atomic mass is 32.2. The Balaban J connectivity index is 1.79. The van der Waals surface area contributed by atoms with Crippen molar-refractivity contribution in [2.75, 3.05) is 7.11 Å². The maximum atomic E-state index is 13.1. The normalized spacial score (nSPS) is 12.3. The largest absolute Gasteiger partial charge is 0.467 e. The summed E-state index contributed by atoms with van der Waals surface area (Å²) in [5.74, 6) is -0.705. The van der Waals surface area contributed by atoms with Gasteiger partial charge in [0.2, 0.25) is 0 Å². The lowest BCUT2D eigenvalue weighted by atomic mass is 10.1. The predicted molar refractivity (Wildman–Crippen MR) is 115 cm³/mol. The number of methoxy groups -OCH3 is 1. The van der Waals surface area contributed by atoms with Crippen molar-refractivity contribution >= 4 is 16.1 Å². The van der Waals surface area contributed by atoms with Crippen LogP contribution in [0.2, 0.25) is 0 Å². The van der Waals surface area contributed by atoms with Gasteiger partial charge in [0.1, 0.15) is 4.90 Å². The summed E-state index contributed by atoms with van der Waals surface area (Å²) >= 11 is 0. The number of benzene rings is 3. The van der Waals surface area contributed by atoms with Gasteiger partial charge in [-0.25, -0.2) is 4.79 Å². The van der Waals surface area contributed by atoms with Crippen molar-refractivity contribution in [1.29, 1.82) is 0 Å². The molecule has 0 amide bonds. The van der Waals surface area contributed by atoms with Gasteiger partial charge in [-0.2, -0.15) is 8.42 Å². The van der Waals surface area contributed by atoms with Crippen LogP contribution in [-0.2, 0) is 30.3 Å². The van der Waals surface area contributed by atoms with Crippen LogP contribution < -0.4 is 0 Å². The van der Waals surface area contributed by atoms with Gasteiger partial charge in [0, 0.05) is 5.56 Å². The van der Waals surface area contributed by atoms with E-state index in [9.17, 15) is 13.2 Å². The minimum absolute atomic E-state index is 0.0214. The van der Waals surface area contributed by atoms with Gasteiger partial charge in [-0.15, -0.1) is 0 Å². The SMILES string of the molecule is COC(=O)[C@@H](CCCc1ccccc1)OS(=O)(=O)c1ccccc1-c1ccccc1. The van der Waals surface area contributed by atoms with E-state index in [2.05, 4.69) is 0 Å². The van der Waals surface area contributed by atoms with Crippen LogP contribution >= 0.6 is 0 Å². The van der Waals surface area contributed by atoms with Crippen molar-refractivity contribution < 1.29 is 22.1 Å². The van der Waals surface area contributed by atoms with E-state index >= 15 is 0 Å². The minimum atomic E-state index is -4.19. The number of esters is 1. The summed E-state index contributed by atoms with van der Waals surface area (Å²) < 4.78 is 36.3. The number of rotatable bonds is 9. The Morgan fingerprint density at radius 3 is 2.13 bits per heavy atom. The van der Waals surface area contributed by atoms with Crippen LogP contribution in [0.25, 0.3) is 11.1 Å². The first kappa shape index (κ1) is 21.7. The molecule has 5 nitrogen and oxygen atoms in total. The highest BCUT2D eigenvalue weighted by molar-refractivity contribution is 7.87. The maximum absolute atomic E-state index is 13.1. The van der Waals surface area contributed by atoms with Crippen LogP contribution in [0.4, 0.5) is 0 Å². The average molecular weight is 425 g/mol. The van der Waals surface area contributed by atoms with E-state index in [1.807, 2.05) is 60.7 Å². The summed E-state index contributed by atoms with van der Waals surface area (Å²) in [7, 11) is -2.97. The molecule has 0 aliphatic carbocycles. The molecule has 0 aromatic heterocycles. The van der Waals surface area contributed by atoms with E-state index < -0.39 is 22.2 Å². The Morgan fingerprint density at radius 2 is 1.47 bits per heavy atom. The molecule has 0 aliphatic rings. The number of carbonyl (C=O) groups is 1. The summed E-state index contributed by atoms with van der Waals surface area (Å²) in [6.45, 7) is 0. The number of hydrogen-bond donors (Lipinski definition) is 0. The van der Waals surface area contributed by atoms with E-state index in [4.69, 9.17) is 8.92 Å². The molecular weight excluding hydrogens is 400 g/mol. The van der Waals surface area contributed by atoms with Crippen LogP contribution in [0.1, 0.15) is 18.4 Å². The van der Waals surface area contributed by atoms with Gasteiger partial charge in [0.15, 0.2) is 6.10 Å². The molecule has 3 aromatic rings. The molecule has 3 aromatic carbocycles. The standard InChI is InChI=1S/C24H24O5S/c1-28-24(25)22(17-10-13-19-11-4-2-5-12-19)29-30(26,27)23-18-9-8-16-21(23)20-14-6-3-7-15-20/h2-9,11-12,14-16,18,22H,10,13,17H2,1H3/t22-/m1/s1. The second-order valence-corrected chi connectivity index (χ2v) is 8.34. The zero-order valence-corrected chi connectivity index (χ0v) is 17.5. The van der Waals surface area contributed by atoms with E-state index in [0.29, 0.717) is 18.4 Å². The topological polar surface area (TPSA) is 69.7 Å². The molecule has 0 saturated heterocycles. The molecule has 3 rings (SSSR count). The third-order valence-corrected chi connectivity index (χ3v) is 6.10. The second-order valence-electron chi connectivity index (χ2n) is 6.80. The molecule has 0 aliphatic heterocycles. The zero-order valence-electron chi connectivity index (χ0n) is 16.7. The molecule has 0 saturated carbocycles. The van der Waals surface area contributed by atoms with Crippen LogP contribution in [-0.4, -0.2) is 27.6 Å². The first-order chi connectivity index (χ1) is 14.5. The monoisotopic (exact) mass is 424 g/mol. The Labute approximate surface area is 177 Å². The Bertz CT molecular complexity index is 1060. The maximum Gasteiger partial charge on any atom is 0.336 e. The Kier molecular flexibility index (Phi) is 7.38. The molecule has 0 spiro atoms. The van der Waals surface area contributed by atoms with E-state index in [1.165, 1.54) is 13.2 Å². The van der Waals surface area contributed by atoms with Gasteiger partial charge < -0.3 is 4.74 Å². The molecule has 30 heavy (non-hydrogen) atoms. The highest BCUT2D eigenvalue weighted by Crippen LogP contribution is 2.29. The molecule has 0 radical (unpaired) electrons. The molecule has 0 unspecified atom stereocenters. The van der Waals surface area contributed by atoms with Crippen LogP contribution in [0.3, 0.4) is 0 Å². The molecule has 6 heteroatoms. The molecule has 0 bridgehead atoms. The predicted octanol–water partition coefficient (Wildman–Crippen LogP) is 4.62. The smallest absolute Gasteiger partial charge is 0.336 e. The molecular formula is C24H24O5S. The lowest BCUT2D eigenvalue weighted by Crippen LogP contribution is -2.29. The third kappa shape index (κ3) is 5.55. The number of carbonyl (C=O) groups excluding carboxylic acids is 1. The number of aryl methyl sites for hydroxylation is 1. The molecule has 0 heterocycles. The quantitative estimate of drug-likeness (QED) is 0.370. The summed E-state index contributed by atoms with van der Waals surface area (Å²) in [6, 6.07) is 25.6. The van der Waals surface area contributed by atoms with Crippen LogP contribution in [0.5, 0.6) is 0 Å². The van der Waals surface area contributed by atoms with Gasteiger partial charge in [-0.1, -0.05) is 78.9 Å². The first-order valence-electron chi connectivity index (χ1n) is 9.71. The molecule has 0 fully saturated rings. The van der Waals surface area contributed by atoms with E-state index in [1.54, 1.807) is 18.2 Å². The zero-order chi connectivity index (χ0) is 21.4.